The molecule has 1 heterocycles. The van der Waals surface area contributed by atoms with Crippen molar-refractivity contribution in [2.75, 3.05) is 10.6 Å². The Kier molecular flexibility index (Phi) is 5.19. The zero-order valence-electron chi connectivity index (χ0n) is 12.5. The third-order valence-electron chi connectivity index (χ3n) is 3.35. The monoisotopic (exact) mass is 298 g/mol. The minimum Gasteiger partial charge on any atom is -0.318 e. The highest BCUT2D eigenvalue weighted by molar-refractivity contribution is 6.43. The Morgan fingerprint density at radius 2 is 1.68 bits per heavy atom. The Hall–Kier alpha value is -2.76. The molecule has 1 unspecified atom stereocenters. The van der Waals surface area contributed by atoms with Crippen LogP contribution in [0.15, 0.2) is 42.7 Å². The number of hydrogen-bond acceptors (Lipinski definition) is 4. The molecule has 22 heavy (non-hydrogen) atoms. The van der Waals surface area contributed by atoms with Gasteiger partial charge in [0.25, 0.3) is 0 Å². The van der Waals surface area contributed by atoms with Crippen molar-refractivity contribution in [3.8, 4) is 0 Å². The Labute approximate surface area is 129 Å². The second-order valence-electron chi connectivity index (χ2n) is 4.88. The number of hydrogen-bond donors (Lipinski definition) is 2. The maximum atomic E-state index is 12.0. The lowest BCUT2D eigenvalue weighted by atomic mass is 9.97. The van der Waals surface area contributed by atoms with E-state index in [0.29, 0.717) is 5.69 Å². The summed E-state index contributed by atoms with van der Waals surface area (Å²) in [5.74, 6) is -1.16. The van der Waals surface area contributed by atoms with Crippen molar-refractivity contribution in [3.63, 3.8) is 0 Å². The van der Waals surface area contributed by atoms with Crippen LogP contribution in [-0.2, 0) is 9.59 Å². The van der Waals surface area contributed by atoms with Gasteiger partial charge in [0.1, 0.15) is 0 Å². The molecule has 2 aromatic rings. The lowest BCUT2D eigenvalue weighted by Gasteiger charge is -2.15. The summed E-state index contributed by atoms with van der Waals surface area (Å²) in [6, 6.07) is 9.08. The van der Waals surface area contributed by atoms with Crippen LogP contribution in [0.2, 0.25) is 0 Å². The average molecular weight is 298 g/mol. The van der Waals surface area contributed by atoms with E-state index >= 15 is 0 Å². The van der Waals surface area contributed by atoms with Crippen molar-refractivity contribution in [2.24, 2.45) is 0 Å². The van der Waals surface area contributed by atoms with Gasteiger partial charge in [-0.25, -0.2) is 9.97 Å². The molecule has 0 aliphatic rings. The van der Waals surface area contributed by atoms with Crippen molar-refractivity contribution in [2.45, 2.75) is 26.2 Å². The average Bonchev–Trinajstić information content (AvgIpc) is 2.55. The van der Waals surface area contributed by atoms with Crippen LogP contribution in [0.1, 0.15) is 31.7 Å². The number of anilines is 2. The van der Waals surface area contributed by atoms with Gasteiger partial charge in [-0.15, -0.1) is 0 Å². The van der Waals surface area contributed by atoms with Gasteiger partial charge < -0.3 is 5.32 Å². The molecule has 1 atom stereocenters. The third-order valence-corrected chi connectivity index (χ3v) is 3.35. The predicted molar refractivity (Wildman–Crippen MR) is 84.4 cm³/mol. The molecule has 0 bridgehead atoms. The van der Waals surface area contributed by atoms with Crippen molar-refractivity contribution >= 4 is 23.5 Å². The van der Waals surface area contributed by atoms with Gasteiger partial charge >= 0.3 is 11.8 Å². The maximum Gasteiger partial charge on any atom is 0.316 e. The topological polar surface area (TPSA) is 84.0 Å². The van der Waals surface area contributed by atoms with E-state index in [1.165, 1.54) is 12.4 Å². The van der Waals surface area contributed by atoms with Crippen molar-refractivity contribution in [1.82, 2.24) is 9.97 Å². The molecule has 0 saturated carbocycles. The number of amides is 2. The van der Waals surface area contributed by atoms with E-state index in [9.17, 15) is 9.59 Å². The van der Waals surface area contributed by atoms with Crippen LogP contribution in [0.4, 0.5) is 11.6 Å². The molecule has 1 aromatic heterocycles. The summed E-state index contributed by atoms with van der Waals surface area (Å²) < 4.78 is 0. The van der Waals surface area contributed by atoms with Gasteiger partial charge in [0.2, 0.25) is 5.95 Å². The molecule has 2 rings (SSSR count). The normalized spacial score (nSPS) is 11.5. The number of nitrogens with zero attached hydrogens (tertiary/aromatic N) is 2. The van der Waals surface area contributed by atoms with Crippen molar-refractivity contribution in [1.29, 1.82) is 0 Å². The molecule has 0 radical (unpaired) electrons. The van der Waals surface area contributed by atoms with E-state index < -0.39 is 11.8 Å². The summed E-state index contributed by atoms with van der Waals surface area (Å²) >= 11 is 0. The number of nitrogens with one attached hydrogen (secondary N) is 2. The van der Waals surface area contributed by atoms with Gasteiger partial charge in [0, 0.05) is 18.1 Å². The molecule has 2 amide bonds. The summed E-state index contributed by atoms with van der Waals surface area (Å²) in [4.78, 5) is 31.6. The first kappa shape index (κ1) is 15.6. The highest BCUT2D eigenvalue weighted by atomic mass is 16.2. The van der Waals surface area contributed by atoms with Crippen LogP contribution in [0.3, 0.4) is 0 Å². The molecule has 0 spiro atoms. The summed E-state index contributed by atoms with van der Waals surface area (Å²) in [5, 5.41) is 4.99. The predicted octanol–water partition coefficient (Wildman–Crippen LogP) is 2.57. The fraction of sp³-hybridized carbons (Fsp3) is 0.250. The fourth-order valence-corrected chi connectivity index (χ4v) is 1.96. The smallest absolute Gasteiger partial charge is 0.316 e. The Morgan fingerprint density at radius 3 is 2.36 bits per heavy atom. The quantitative estimate of drug-likeness (QED) is 0.850. The molecule has 6 nitrogen and oxygen atoms in total. The van der Waals surface area contributed by atoms with Crippen molar-refractivity contribution in [3.05, 3.63) is 48.3 Å². The molecule has 0 aliphatic heterocycles. The highest BCUT2D eigenvalue weighted by Crippen LogP contribution is 2.26. The molecule has 0 aliphatic carbocycles. The van der Waals surface area contributed by atoms with Crippen LogP contribution >= 0.6 is 0 Å². The lowest BCUT2D eigenvalue weighted by Crippen LogP contribution is -2.30. The molecule has 6 heteroatoms. The molecular weight excluding hydrogens is 280 g/mol. The second-order valence-corrected chi connectivity index (χ2v) is 4.88. The SMILES string of the molecule is CCC(C)c1ccccc1NC(=O)C(=O)Nc1ncccn1. The number of carbonyl (C=O) groups is 2. The van der Waals surface area contributed by atoms with Gasteiger partial charge in [0.15, 0.2) is 0 Å². The Balaban J connectivity index is 2.07. The highest BCUT2D eigenvalue weighted by Gasteiger charge is 2.17. The van der Waals surface area contributed by atoms with Crippen LogP contribution < -0.4 is 10.6 Å². The largest absolute Gasteiger partial charge is 0.318 e. The summed E-state index contributed by atoms with van der Waals surface area (Å²) in [7, 11) is 0. The van der Waals surface area contributed by atoms with Gasteiger partial charge in [-0.1, -0.05) is 32.0 Å². The lowest BCUT2D eigenvalue weighted by molar-refractivity contribution is -0.133. The fourth-order valence-electron chi connectivity index (χ4n) is 1.96. The first-order valence-corrected chi connectivity index (χ1v) is 7.10. The Bertz CT molecular complexity index is 658. The van der Waals surface area contributed by atoms with E-state index in [4.69, 9.17) is 0 Å². The maximum absolute atomic E-state index is 12.0. The molecule has 0 fully saturated rings. The molecule has 2 N–H and O–H groups in total. The summed E-state index contributed by atoms with van der Waals surface area (Å²) in [5.41, 5.74) is 1.65. The third kappa shape index (κ3) is 3.88. The second kappa shape index (κ2) is 7.31. The minimum atomic E-state index is -0.801. The summed E-state index contributed by atoms with van der Waals surface area (Å²) in [6.07, 6.45) is 3.91. The van der Waals surface area contributed by atoms with Gasteiger partial charge in [-0.2, -0.15) is 0 Å². The van der Waals surface area contributed by atoms with Crippen LogP contribution in [-0.4, -0.2) is 21.8 Å². The van der Waals surface area contributed by atoms with Gasteiger partial charge in [-0.05, 0) is 30.0 Å². The number of carbonyl (C=O) groups excluding carboxylic acids is 2. The first-order chi connectivity index (χ1) is 10.6. The van der Waals surface area contributed by atoms with Crippen molar-refractivity contribution < 1.29 is 9.59 Å². The first-order valence-electron chi connectivity index (χ1n) is 7.10. The molecule has 1 aromatic carbocycles. The number of benzene rings is 1. The zero-order valence-corrected chi connectivity index (χ0v) is 12.5. The van der Waals surface area contributed by atoms with E-state index in [1.807, 2.05) is 18.2 Å². The van der Waals surface area contributed by atoms with E-state index in [-0.39, 0.29) is 11.9 Å². The standard InChI is InChI=1S/C16H18N4O2/c1-3-11(2)12-7-4-5-8-13(12)19-14(21)15(22)20-16-17-9-6-10-18-16/h4-11H,3H2,1-2H3,(H,19,21)(H,17,18,20,22). The van der Waals surface area contributed by atoms with E-state index in [2.05, 4.69) is 34.4 Å². The molecular formula is C16H18N4O2. The van der Waals surface area contributed by atoms with Gasteiger partial charge in [0.05, 0.1) is 0 Å². The zero-order chi connectivity index (χ0) is 15.9. The number of aromatic nitrogens is 2. The molecule has 114 valence electrons. The Morgan fingerprint density at radius 1 is 1.05 bits per heavy atom. The van der Waals surface area contributed by atoms with E-state index in [0.717, 1.165) is 12.0 Å². The minimum absolute atomic E-state index is 0.0952. The van der Waals surface area contributed by atoms with E-state index in [1.54, 1.807) is 12.1 Å². The number of para-hydroxylation sites is 1. The van der Waals surface area contributed by atoms with Crippen LogP contribution in [0.5, 0.6) is 0 Å². The summed E-state index contributed by atoms with van der Waals surface area (Å²) in [6.45, 7) is 4.14. The number of rotatable bonds is 4. The van der Waals surface area contributed by atoms with Gasteiger partial charge in [-0.3, -0.25) is 14.9 Å². The molecule has 0 saturated heterocycles. The van der Waals surface area contributed by atoms with Crippen LogP contribution in [0, 0.1) is 0 Å². The van der Waals surface area contributed by atoms with Crippen LogP contribution in [0.25, 0.3) is 0 Å².